The zero-order chi connectivity index (χ0) is 15.7. The predicted octanol–water partition coefficient (Wildman–Crippen LogP) is 3.34. The number of Topliss-reactive ketones (excluding diaryl/α,β-unsaturated/α-hetero) is 1. The molecule has 0 amide bonds. The second-order valence-electron chi connectivity index (χ2n) is 6.63. The Morgan fingerprint density at radius 3 is 2.73 bits per heavy atom. The molecule has 0 spiro atoms. The second kappa shape index (κ2) is 5.38. The third-order valence-corrected chi connectivity index (χ3v) is 3.81. The van der Waals surface area contributed by atoms with E-state index in [-0.39, 0.29) is 11.2 Å². The predicted molar refractivity (Wildman–Crippen MR) is 85.6 cm³/mol. The minimum absolute atomic E-state index is 0.00420. The van der Waals surface area contributed by atoms with Gasteiger partial charge in [0.1, 0.15) is 5.69 Å². The molecule has 0 fully saturated rings. The van der Waals surface area contributed by atoms with Crippen LogP contribution >= 0.6 is 0 Å². The van der Waals surface area contributed by atoms with Crippen molar-refractivity contribution in [2.75, 3.05) is 0 Å². The Labute approximate surface area is 130 Å². The summed E-state index contributed by atoms with van der Waals surface area (Å²) in [4.78, 5) is 20.9. The molecule has 110 valence electrons. The average Bonchev–Trinajstić information content (AvgIpc) is 2.44. The van der Waals surface area contributed by atoms with Crippen LogP contribution in [0.5, 0.6) is 0 Å². The zero-order valence-corrected chi connectivity index (χ0v) is 13.1. The van der Waals surface area contributed by atoms with Crippen LogP contribution in [0.2, 0.25) is 0 Å². The van der Waals surface area contributed by atoms with Gasteiger partial charge in [0.25, 0.3) is 0 Å². The molecule has 3 rings (SSSR count). The van der Waals surface area contributed by atoms with Crippen molar-refractivity contribution in [3.63, 3.8) is 0 Å². The van der Waals surface area contributed by atoms with Crippen molar-refractivity contribution in [2.45, 2.75) is 33.6 Å². The summed E-state index contributed by atoms with van der Waals surface area (Å²) in [5.74, 6) is 6.24. The van der Waals surface area contributed by atoms with Gasteiger partial charge in [0.15, 0.2) is 5.78 Å². The van der Waals surface area contributed by atoms with Crippen molar-refractivity contribution in [2.24, 2.45) is 5.41 Å². The Kier molecular flexibility index (Phi) is 3.54. The lowest BCUT2D eigenvalue weighted by molar-refractivity contribution is 0.0910. The van der Waals surface area contributed by atoms with Gasteiger partial charge < -0.3 is 0 Å². The molecule has 0 aromatic carbocycles. The van der Waals surface area contributed by atoms with Crippen molar-refractivity contribution < 1.29 is 4.79 Å². The van der Waals surface area contributed by atoms with Crippen LogP contribution in [0.3, 0.4) is 0 Å². The molecule has 1 aliphatic carbocycles. The van der Waals surface area contributed by atoms with Gasteiger partial charge in [-0.25, -0.2) is 4.98 Å². The first-order valence-corrected chi connectivity index (χ1v) is 7.40. The number of carbonyl (C=O) groups is 1. The molecule has 0 atom stereocenters. The number of carbonyl (C=O) groups excluding carboxylic acids is 1. The molecule has 0 radical (unpaired) electrons. The molecule has 0 unspecified atom stereocenters. The first-order chi connectivity index (χ1) is 10.4. The summed E-state index contributed by atoms with van der Waals surface area (Å²) in [5.41, 5.74) is 4.22. The maximum absolute atomic E-state index is 12.3. The fraction of sp³-hybridized carbons (Fsp3) is 0.316. The summed E-state index contributed by atoms with van der Waals surface area (Å²) in [6.07, 6.45) is 4.89. The van der Waals surface area contributed by atoms with E-state index in [1.807, 2.05) is 25.1 Å². The lowest BCUT2D eigenvalue weighted by Crippen LogP contribution is -2.27. The van der Waals surface area contributed by atoms with Gasteiger partial charge >= 0.3 is 0 Å². The lowest BCUT2D eigenvalue weighted by Gasteiger charge is -2.29. The Hall–Kier alpha value is -2.47. The number of rotatable bonds is 0. The van der Waals surface area contributed by atoms with E-state index in [1.165, 1.54) is 0 Å². The zero-order valence-electron chi connectivity index (χ0n) is 13.1. The van der Waals surface area contributed by atoms with Crippen molar-refractivity contribution in [1.29, 1.82) is 0 Å². The van der Waals surface area contributed by atoms with Crippen LogP contribution in [-0.4, -0.2) is 15.8 Å². The molecule has 0 N–H and O–H groups in total. The Morgan fingerprint density at radius 1 is 1.14 bits per heavy atom. The summed E-state index contributed by atoms with van der Waals surface area (Å²) < 4.78 is 0. The summed E-state index contributed by atoms with van der Waals surface area (Å²) in [7, 11) is 0. The van der Waals surface area contributed by atoms with E-state index in [1.54, 1.807) is 12.4 Å². The van der Waals surface area contributed by atoms with Crippen LogP contribution in [0.15, 0.2) is 30.6 Å². The number of hydrogen-bond donors (Lipinski definition) is 0. The van der Waals surface area contributed by atoms with E-state index >= 15 is 0 Å². The summed E-state index contributed by atoms with van der Waals surface area (Å²) in [6.45, 7) is 6.22. The average molecular weight is 290 g/mol. The summed E-state index contributed by atoms with van der Waals surface area (Å²) >= 11 is 0. The molecule has 1 aliphatic rings. The van der Waals surface area contributed by atoms with Crippen LogP contribution in [0, 0.1) is 24.2 Å². The van der Waals surface area contributed by atoms with Crippen molar-refractivity contribution in [1.82, 2.24) is 9.97 Å². The van der Waals surface area contributed by atoms with Gasteiger partial charge in [0, 0.05) is 29.9 Å². The maximum atomic E-state index is 12.3. The number of pyridine rings is 2. The van der Waals surface area contributed by atoms with Gasteiger partial charge in [0.05, 0.1) is 5.69 Å². The van der Waals surface area contributed by atoms with Gasteiger partial charge in [0.2, 0.25) is 0 Å². The molecule has 22 heavy (non-hydrogen) atoms. The Morgan fingerprint density at radius 2 is 1.95 bits per heavy atom. The first kappa shape index (κ1) is 14.5. The molecule has 0 saturated carbocycles. The van der Waals surface area contributed by atoms with Gasteiger partial charge in [-0.2, -0.15) is 0 Å². The minimum Gasteiger partial charge on any atom is -0.294 e. The largest absolute Gasteiger partial charge is 0.294 e. The number of ketones is 1. The molecule has 3 nitrogen and oxygen atoms in total. The normalized spacial score (nSPS) is 15.7. The maximum Gasteiger partial charge on any atom is 0.165 e. The number of nitrogens with zero attached hydrogens (tertiary/aromatic N) is 2. The highest BCUT2D eigenvalue weighted by molar-refractivity contribution is 5.98. The number of aromatic nitrogens is 2. The van der Waals surface area contributed by atoms with Crippen molar-refractivity contribution >= 4 is 5.78 Å². The van der Waals surface area contributed by atoms with Crippen LogP contribution in [0.4, 0.5) is 0 Å². The van der Waals surface area contributed by atoms with Crippen LogP contribution in [0.25, 0.3) is 0 Å². The number of aryl methyl sites for hydroxylation is 1. The first-order valence-electron chi connectivity index (χ1n) is 7.40. The van der Waals surface area contributed by atoms with Gasteiger partial charge in [-0.1, -0.05) is 19.8 Å². The topological polar surface area (TPSA) is 42.9 Å². The third kappa shape index (κ3) is 3.07. The molecular weight excluding hydrogens is 272 g/mol. The number of hydrogen-bond acceptors (Lipinski definition) is 3. The lowest BCUT2D eigenvalue weighted by atomic mass is 9.75. The third-order valence-electron chi connectivity index (χ3n) is 3.81. The van der Waals surface area contributed by atoms with Gasteiger partial charge in [-0.15, -0.1) is 0 Å². The second-order valence-corrected chi connectivity index (χ2v) is 6.63. The van der Waals surface area contributed by atoms with E-state index in [4.69, 9.17) is 0 Å². The van der Waals surface area contributed by atoms with Gasteiger partial charge in [-0.3, -0.25) is 9.78 Å². The molecular formula is C19H18N2O. The fourth-order valence-electron chi connectivity index (χ4n) is 2.73. The summed E-state index contributed by atoms with van der Waals surface area (Å²) in [5, 5.41) is 0. The molecule has 0 saturated heterocycles. The highest BCUT2D eigenvalue weighted by Crippen LogP contribution is 2.33. The van der Waals surface area contributed by atoms with E-state index in [2.05, 4.69) is 35.7 Å². The molecule has 0 bridgehead atoms. The SMILES string of the molecule is Cc1ccnc(C#Cc2cnc3c(c2)C(=O)CC(C)(C)C3)c1. The standard InChI is InChI=1S/C19H18N2O/c1-13-6-7-20-15(8-13)5-4-14-9-16-17(21-12-14)10-19(2,3)11-18(16)22/h6-9,12H,10-11H2,1-3H3. The smallest absolute Gasteiger partial charge is 0.165 e. The fourth-order valence-corrected chi connectivity index (χ4v) is 2.73. The quantitative estimate of drug-likeness (QED) is 0.699. The minimum atomic E-state index is -0.00420. The molecule has 2 heterocycles. The molecule has 3 heteroatoms. The van der Waals surface area contributed by atoms with Crippen LogP contribution in [-0.2, 0) is 6.42 Å². The van der Waals surface area contributed by atoms with Crippen LogP contribution < -0.4 is 0 Å². The van der Waals surface area contributed by atoms with E-state index in [0.29, 0.717) is 6.42 Å². The molecule has 2 aromatic rings. The Balaban J connectivity index is 1.92. The van der Waals surface area contributed by atoms with Crippen molar-refractivity contribution in [3.05, 3.63) is 58.7 Å². The van der Waals surface area contributed by atoms with E-state index < -0.39 is 0 Å². The van der Waals surface area contributed by atoms with Crippen LogP contribution in [0.1, 0.15) is 53.1 Å². The molecule has 0 aliphatic heterocycles. The molecule has 2 aromatic heterocycles. The monoisotopic (exact) mass is 290 g/mol. The Bertz CT molecular complexity index is 810. The van der Waals surface area contributed by atoms with Crippen molar-refractivity contribution in [3.8, 4) is 11.8 Å². The van der Waals surface area contributed by atoms with E-state index in [0.717, 1.165) is 34.5 Å². The number of fused-ring (bicyclic) bond motifs is 1. The summed E-state index contributed by atoms with van der Waals surface area (Å²) in [6, 6.07) is 5.74. The van der Waals surface area contributed by atoms with Gasteiger partial charge in [-0.05, 0) is 48.4 Å². The highest BCUT2D eigenvalue weighted by atomic mass is 16.1. The highest BCUT2D eigenvalue weighted by Gasteiger charge is 2.31. The van der Waals surface area contributed by atoms with E-state index in [9.17, 15) is 4.79 Å².